The Morgan fingerprint density at radius 2 is 1.71 bits per heavy atom. The zero-order valence-electron chi connectivity index (χ0n) is 14.0. The average Bonchev–Trinajstić information content (AvgIpc) is 2.58. The quantitative estimate of drug-likeness (QED) is 0.288. The molecular weight excluding hydrogens is 491 g/mol. The molecule has 0 aliphatic heterocycles. The fourth-order valence-electron chi connectivity index (χ4n) is 2.64. The van der Waals surface area contributed by atoms with Gasteiger partial charge in [0.15, 0.2) is 0 Å². The Morgan fingerprint density at radius 1 is 1.14 bits per heavy atom. The summed E-state index contributed by atoms with van der Waals surface area (Å²) in [5.74, 6) is 0.179. The van der Waals surface area contributed by atoms with Gasteiger partial charge in [0.25, 0.3) is 0 Å². The number of rotatable bonds is 7. The molecule has 2 N–H and O–H groups in total. The summed E-state index contributed by atoms with van der Waals surface area (Å²) in [5.41, 5.74) is -3.04. The van der Waals surface area contributed by atoms with E-state index < -0.39 is 18.8 Å². The van der Waals surface area contributed by atoms with Crippen molar-refractivity contribution in [2.75, 3.05) is 0 Å². The van der Waals surface area contributed by atoms with Gasteiger partial charge in [0.1, 0.15) is 0 Å². The van der Waals surface area contributed by atoms with Gasteiger partial charge in [0.05, 0.1) is 0 Å². The van der Waals surface area contributed by atoms with Crippen molar-refractivity contribution in [3.8, 4) is 0 Å². The van der Waals surface area contributed by atoms with Crippen LogP contribution in [0.15, 0.2) is 53.0 Å². The van der Waals surface area contributed by atoms with E-state index in [9.17, 15) is 13.3 Å². The summed E-state index contributed by atoms with van der Waals surface area (Å²) in [6.45, 7) is 2.03. The summed E-state index contributed by atoms with van der Waals surface area (Å²) in [6.07, 6.45) is 1.75. The van der Waals surface area contributed by atoms with Crippen LogP contribution >= 0.6 is 36.2 Å². The summed E-state index contributed by atoms with van der Waals surface area (Å²) < 4.78 is 38.8. The van der Waals surface area contributed by atoms with Crippen molar-refractivity contribution in [2.45, 2.75) is 30.7 Å². The second-order valence-corrected chi connectivity index (χ2v) is 9.33. The maximum absolute atomic E-state index is 13.9. The predicted octanol–water partition coefficient (Wildman–Crippen LogP) is 4.62. The number of thiol groups is 1. The van der Waals surface area contributed by atoms with Crippen LogP contribution < -0.4 is 0 Å². The number of hydrogen-bond donors (Lipinski definition) is 3. The first-order valence-corrected chi connectivity index (χ1v) is 10.9. The Morgan fingerprint density at radius 3 is 2.21 bits per heavy atom. The van der Waals surface area contributed by atoms with E-state index in [-0.39, 0.29) is 74.8 Å². The van der Waals surface area contributed by atoms with Gasteiger partial charge in [-0.2, -0.15) is 21.4 Å². The molecule has 0 saturated carbocycles. The van der Waals surface area contributed by atoms with Crippen molar-refractivity contribution in [3.63, 3.8) is 0 Å². The molecule has 0 aliphatic carbocycles. The molecule has 2 aromatic carbocycles. The average molecular weight is 513 g/mol. The van der Waals surface area contributed by atoms with Gasteiger partial charge in [-0.3, -0.25) is 4.57 Å². The first-order chi connectivity index (χ1) is 12.0. The van der Waals surface area contributed by atoms with Crippen LogP contribution in [0.2, 0.25) is 0 Å². The monoisotopic (exact) mass is 512 g/mol. The molecule has 10 heteroatoms. The Balaban J connectivity index is 0.00000364. The predicted molar refractivity (Wildman–Crippen MR) is 120 cm³/mol. The van der Waals surface area contributed by atoms with Crippen LogP contribution in [0.4, 0.5) is 8.78 Å². The maximum atomic E-state index is 13.9. The van der Waals surface area contributed by atoms with Gasteiger partial charge in [-0.25, -0.2) is 0 Å². The molecule has 0 amide bonds. The molecule has 2 unspecified atom stereocenters. The summed E-state index contributed by atoms with van der Waals surface area (Å²) in [5, 5.41) is -0.187. The minimum absolute atomic E-state index is 0. The van der Waals surface area contributed by atoms with Gasteiger partial charge in [0.2, 0.25) is 0 Å². The van der Waals surface area contributed by atoms with Crippen LogP contribution in [0.3, 0.4) is 0 Å². The molecule has 0 radical (unpaired) electrons. The van der Waals surface area contributed by atoms with E-state index in [0.29, 0.717) is 5.56 Å². The molecule has 0 fully saturated rings. The third kappa shape index (κ3) is 7.45. The molecule has 146 valence electrons. The van der Waals surface area contributed by atoms with E-state index in [1.165, 1.54) is 17.7 Å². The fraction of sp³-hybridized carbons (Fsp3) is 0.333. The number of halogens is 3. The van der Waals surface area contributed by atoms with Crippen molar-refractivity contribution in [1.82, 2.24) is 0 Å². The van der Waals surface area contributed by atoms with Crippen LogP contribution in [0.1, 0.15) is 35.3 Å². The molecule has 0 aromatic heterocycles. The van der Waals surface area contributed by atoms with Crippen LogP contribution in [-0.2, 0) is 16.6 Å². The molecule has 0 spiro atoms. The zero-order valence-corrected chi connectivity index (χ0v) is 17.4. The van der Waals surface area contributed by atoms with Gasteiger partial charge in [0, 0.05) is 15.3 Å². The molecule has 2 rings (SSSR count). The van der Waals surface area contributed by atoms with Gasteiger partial charge in [-0.05, 0) is 36.0 Å². The molecule has 0 bridgehead atoms. The second-order valence-electron chi connectivity index (χ2n) is 6.27. The zero-order chi connectivity index (χ0) is 19.5. The van der Waals surface area contributed by atoms with Gasteiger partial charge in [-0.1, -0.05) is 65.3 Å². The van der Waals surface area contributed by atoms with Crippen LogP contribution in [0.5, 0.6) is 0 Å². The summed E-state index contributed by atoms with van der Waals surface area (Å²) in [4.78, 5) is 17.8. The molecule has 0 heterocycles. The van der Waals surface area contributed by atoms with Crippen LogP contribution in [0, 0.1) is 5.92 Å². The van der Waals surface area contributed by atoms with E-state index in [4.69, 9.17) is 9.79 Å². The topological polar surface area (TPSA) is 57.5 Å². The summed E-state index contributed by atoms with van der Waals surface area (Å²) in [7, 11) is -5.60. The van der Waals surface area contributed by atoms with Crippen molar-refractivity contribution >= 4 is 95.3 Å². The van der Waals surface area contributed by atoms with Crippen LogP contribution in [-0.4, -0.2) is 68.9 Å². The second kappa shape index (κ2) is 12.4. The number of alkyl halides is 2. The van der Waals surface area contributed by atoms with E-state index in [1.807, 2.05) is 25.1 Å². The first-order valence-electron chi connectivity index (χ1n) is 7.99. The third-order valence-corrected chi connectivity index (χ3v) is 6.73. The SMILES string of the molecule is CC(CCc1ccccc1)C(S)c1ccc(C(F)(F)P(=O)(O)O)c(Br)c1.[NaH].[NaH]. The van der Waals surface area contributed by atoms with Gasteiger partial charge >= 0.3 is 72.4 Å². The molecule has 28 heavy (non-hydrogen) atoms. The Kier molecular flexibility index (Phi) is 12.9. The molecular formula is C18H22BrF2Na2O3PS. The van der Waals surface area contributed by atoms with Crippen LogP contribution in [0.25, 0.3) is 0 Å². The standard InChI is InChI=1S/C18H20BrF2O3PS.2Na.2H/c1-12(7-8-13-5-3-2-4-6-13)17(26)14-9-10-15(16(19)11-14)18(20,21)25(22,23)24;;;;/h2-6,9-12,17,26H,7-8H2,1H3,(H2,22,23,24);;;;. The van der Waals surface area contributed by atoms with E-state index >= 15 is 0 Å². The normalized spacial score (nSPS) is 13.8. The minimum atomic E-state index is -5.60. The number of hydrogen-bond acceptors (Lipinski definition) is 2. The number of aryl methyl sites for hydroxylation is 1. The summed E-state index contributed by atoms with van der Waals surface area (Å²) in [6, 6.07) is 14.0. The van der Waals surface area contributed by atoms with E-state index in [1.54, 1.807) is 0 Å². The van der Waals surface area contributed by atoms with Gasteiger partial charge < -0.3 is 9.79 Å². The number of benzene rings is 2. The third-order valence-electron chi connectivity index (χ3n) is 4.29. The molecule has 3 nitrogen and oxygen atoms in total. The molecule has 2 atom stereocenters. The van der Waals surface area contributed by atoms with Gasteiger partial charge in [-0.15, -0.1) is 0 Å². The van der Waals surface area contributed by atoms with E-state index in [0.717, 1.165) is 18.9 Å². The van der Waals surface area contributed by atoms with Crippen molar-refractivity contribution in [1.29, 1.82) is 0 Å². The fourth-order valence-corrected chi connectivity index (χ4v) is 4.26. The van der Waals surface area contributed by atoms with Crippen molar-refractivity contribution < 1.29 is 23.1 Å². The Hall–Kier alpha value is 1.28. The Labute approximate surface area is 222 Å². The molecule has 0 saturated heterocycles. The van der Waals surface area contributed by atoms with Crippen molar-refractivity contribution in [3.05, 3.63) is 69.7 Å². The van der Waals surface area contributed by atoms with Crippen molar-refractivity contribution in [2.24, 2.45) is 5.92 Å². The molecule has 2 aromatic rings. The Bertz CT molecular complexity index is 809. The summed E-state index contributed by atoms with van der Waals surface area (Å²) >= 11 is 7.62. The first kappa shape index (κ1) is 29.3. The van der Waals surface area contributed by atoms with E-state index in [2.05, 4.69) is 40.7 Å². The molecule has 0 aliphatic rings.